The molecule has 0 saturated carbocycles. The van der Waals surface area contributed by atoms with Gasteiger partial charge in [-0.1, -0.05) is 32.9 Å². The summed E-state index contributed by atoms with van der Waals surface area (Å²) < 4.78 is 17.4. The molecule has 0 fully saturated rings. The van der Waals surface area contributed by atoms with Crippen molar-refractivity contribution in [1.82, 2.24) is 0 Å². The van der Waals surface area contributed by atoms with Crippen molar-refractivity contribution in [1.29, 1.82) is 0 Å². The fraction of sp³-hybridized carbons (Fsp3) is 0.500. The van der Waals surface area contributed by atoms with E-state index < -0.39 is 8.32 Å². The van der Waals surface area contributed by atoms with E-state index >= 15 is 0 Å². The predicted octanol–water partition coefficient (Wildman–Crippen LogP) is 4.51. The average molecular weight is 290 g/mol. The third kappa shape index (κ3) is 2.17. The van der Waals surface area contributed by atoms with E-state index in [1.165, 1.54) is 11.1 Å². The maximum Gasteiger partial charge on any atom is 0.231 e. The number of ether oxygens (including phenoxy) is 2. The van der Waals surface area contributed by atoms with Gasteiger partial charge >= 0.3 is 0 Å². The topological polar surface area (TPSA) is 27.7 Å². The highest BCUT2D eigenvalue weighted by Crippen LogP contribution is 2.45. The lowest BCUT2D eigenvalue weighted by molar-refractivity contribution is 0.173. The Balaban J connectivity index is 1.89. The largest absolute Gasteiger partial charge is 0.454 e. The third-order valence-electron chi connectivity index (χ3n) is 4.56. The third-order valence-corrected chi connectivity index (χ3v) is 9.02. The Morgan fingerprint density at radius 1 is 1.15 bits per heavy atom. The molecule has 1 atom stereocenters. The van der Waals surface area contributed by atoms with Crippen LogP contribution in [0.4, 0.5) is 0 Å². The molecule has 0 N–H and O–H groups in total. The van der Waals surface area contributed by atoms with E-state index in [2.05, 4.69) is 52.1 Å². The van der Waals surface area contributed by atoms with Crippen molar-refractivity contribution in [3.8, 4) is 11.5 Å². The molecule has 3 nitrogen and oxygen atoms in total. The molecular weight excluding hydrogens is 268 g/mol. The highest BCUT2D eigenvalue weighted by molar-refractivity contribution is 6.74. The highest BCUT2D eigenvalue weighted by atomic mass is 28.4. The Morgan fingerprint density at radius 3 is 2.45 bits per heavy atom. The van der Waals surface area contributed by atoms with E-state index in [9.17, 15) is 0 Å². The fourth-order valence-corrected chi connectivity index (χ4v) is 3.45. The average Bonchev–Trinajstić information content (AvgIpc) is 2.92. The van der Waals surface area contributed by atoms with E-state index in [0.29, 0.717) is 6.79 Å². The molecule has 1 heterocycles. The molecule has 108 valence electrons. The molecule has 20 heavy (non-hydrogen) atoms. The van der Waals surface area contributed by atoms with Crippen LogP contribution in [-0.4, -0.2) is 15.1 Å². The first kappa shape index (κ1) is 13.7. The second-order valence-corrected chi connectivity index (χ2v) is 11.7. The van der Waals surface area contributed by atoms with E-state index in [1.807, 2.05) is 6.07 Å². The van der Waals surface area contributed by atoms with Gasteiger partial charge in [0.15, 0.2) is 19.8 Å². The Bertz CT molecular complexity index is 570. The van der Waals surface area contributed by atoms with Crippen molar-refractivity contribution in [2.45, 2.75) is 45.0 Å². The van der Waals surface area contributed by atoms with E-state index in [0.717, 1.165) is 11.5 Å². The summed E-state index contributed by atoms with van der Waals surface area (Å²) in [6.07, 6.45) is 4.30. The lowest BCUT2D eigenvalue weighted by atomic mass is 10.1. The van der Waals surface area contributed by atoms with Gasteiger partial charge in [-0.2, -0.15) is 0 Å². The van der Waals surface area contributed by atoms with Crippen molar-refractivity contribution in [3.05, 3.63) is 29.3 Å². The first-order chi connectivity index (χ1) is 9.28. The molecule has 1 unspecified atom stereocenters. The number of benzene rings is 1. The Kier molecular flexibility index (Phi) is 2.99. The highest BCUT2D eigenvalue weighted by Gasteiger charge is 2.40. The molecule has 0 amide bonds. The maximum absolute atomic E-state index is 6.51. The van der Waals surface area contributed by atoms with Crippen molar-refractivity contribution in [2.75, 3.05) is 6.79 Å². The second kappa shape index (κ2) is 4.37. The van der Waals surface area contributed by atoms with Crippen molar-refractivity contribution >= 4 is 14.4 Å². The van der Waals surface area contributed by atoms with Crippen LogP contribution in [0, 0.1) is 0 Å². The van der Waals surface area contributed by atoms with Crippen molar-refractivity contribution < 1.29 is 13.9 Å². The van der Waals surface area contributed by atoms with Crippen LogP contribution in [0.25, 0.3) is 6.08 Å². The van der Waals surface area contributed by atoms with Gasteiger partial charge in [0, 0.05) is 0 Å². The van der Waals surface area contributed by atoms with Gasteiger partial charge in [0.1, 0.15) is 0 Å². The molecule has 4 heteroatoms. The van der Waals surface area contributed by atoms with Crippen LogP contribution in [0.5, 0.6) is 11.5 Å². The van der Waals surface area contributed by atoms with Gasteiger partial charge in [0.05, 0.1) is 6.10 Å². The lowest BCUT2D eigenvalue weighted by Gasteiger charge is -2.38. The number of hydrogen-bond acceptors (Lipinski definition) is 3. The molecule has 1 aromatic rings. The van der Waals surface area contributed by atoms with Crippen LogP contribution in [0.2, 0.25) is 18.1 Å². The van der Waals surface area contributed by atoms with Gasteiger partial charge in [0.2, 0.25) is 6.79 Å². The molecule has 0 spiro atoms. The van der Waals surface area contributed by atoms with Crippen LogP contribution in [0.3, 0.4) is 0 Å². The standard InChI is InChI=1S/C16H22O3Si/c1-16(2,3)20(4,5)19-13-7-6-11-8-14-15(9-12(11)13)18-10-17-14/h6-9,13H,10H2,1-5H3. The smallest absolute Gasteiger partial charge is 0.231 e. The summed E-state index contributed by atoms with van der Waals surface area (Å²) in [5, 5.41) is 0.208. The molecule has 1 aromatic carbocycles. The minimum absolute atomic E-state index is 0.0420. The summed E-state index contributed by atoms with van der Waals surface area (Å²) in [6, 6.07) is 4.11. The molecule has 2 aliphatic rings. The van der Waals surface area contributed by atoms with Crippen LogP contribution in [-0.2, 0) is 4.43 Å². The molecule has 0 radical (unpaired) electrons. The quantitative estimate of drug-likeness (QED) is 0.750. The molecule has 3 rings (SSSR count). The van der Waals surface area contributed by atoms with Gasteiger partial charge in [-0.05, 0) is 41.4 Å². The van der Waals surface area contributed by atoms with E-state index in [4.69, 9.17) is 13.9 Å². The summed E-state index contributed by atoms with van der Waals surface area (Å²) in [5.74, 6) is 1.66. The minimum atomic E-state index is -1.79. The summed E-state index contributed by atoms with van der Waals surface area (Å²) >= 11 is 0. The number of rotatable bonds is 2. The monoisotopic (exact) mass is 290 g/mol. The normalized spacial score (nSPS) is 20.4. The predicted molar refractivity (Wildman–Crippen MR) is 82.6 cm³/mol. The minimum Gasteiger partial charge on any atom is -0.454 e. The lowest BCUT2D eigenvalue weighted by Crippen LogP contribution is -2.41. The van der Waals surface area contributed by atoms with Gasteiger partial charge in [-0.25, -0.2) is 0 Å². The molecule has 0 aromatic heterocycles. The number of hydrogen-bond donors (Lipinski definition) is 0. The van der Waals surface area contributed by atoms with Gasteiger partial charge in [-0.3, -0.25) is 0 Å². The van der Waals surface area contributed by atoms with E-state index in [-0.39, 0.29) is 11.1 Å². The van der Waals surface area contributed by atoms with Gasteiger partial charge in [0.25, 0.3) is 0 Å². The Morgan fingerprint density at radius 2 is 1.80 bits per heavy atom. The zero-order chi connectivity index (χ0) is 14.5. The molecule has 0 saturated heterocycles. The van der Waals surface area contributed by atoms with E-state index in [1.54, 1.807) is 0 Å². The summed E-state index contributed by atoms with van der Waals surface area (Å²) in [7, 11) is -1.79. The summed E-state index contributed by atoms with van der Waals surface area (Å²) in [5.41, 5.74) is 2.37. The zero-order valence-corrected chi connectivity index (χ0v) is 13.8. The maximum atomic E-state index is 6.51. The first-order valence-electron chi connectivity index (χ1n) is 7.07. The van der Waals surface area contributed by atoms with Gasteiger partial charge in [-0.15, -0.1) is 0 Å². The first-order valence-corrected chi connectivity index (χ1v) is 9.98. The fourth-order valence-electron chi connectivity index (χ4n) is 2.26. The zero-order valence-electron chi connectivity index (χ0n) is 12.8. The molecular formula is C16H22O3Si. The number of fused-ring (bicyclic) bond motifs is 2. The second-order valence-electron chi connectivity index (χ2n) is 6.99. The molecule has 0 bridgehead atoms. The van der Waals surface area contributed by atoms with Crippen LogP contribution < -0.4 is 9.47 Å². The Hall–Kier alpha value is -1.26. The summed E-state index contributed by atoms with van der Waals surface area (Å²) in [4.78, 5) is 0. The SMILES string of the molecule is CC(C)(C)[Si](C)(C)OC1C=Cc2cc3c(cc21)OCO3. The van der Waals surface area contributed by atoms with Crippen LogP contribution >= 0.6 is 0 Å². The molecule has 1 aliphatic carbocycles. The van der Waals surface area contributed by atoms with Crippen molar-refractivity contribution in [2.24, 2.45) is 0 Å². The van der Waals surface area contributed by atoms with Crippen LogP contribution in [0.1, 0.15) is 38.0 Å². The Labute approximate surface area is 121 Å². The van der Waals surface area contributed by atoms with Crippen molar-refractivity contribution in [3.63, 3.8) is 0 Å². The summed E-state index contributed by atoms with van der Waals surface area (Å²) in [6.45, 7) is 11.7. The van der Waals surface area contributed by atoms with Gasteiger partial charge < -0.3 is 13.9 Å². The molecule has 1 aliphatic heterocycles. The van der Waals surface area contributed by atoms with Crippen LogP contribution in [0.15, 0.2) is 18.2 Å².